The number of hydrogen-bond donors (Lipinski definition) is 0. The van der Waals surface area contributed by atoms with Crippen molar-refractivity contribution in [2.24, 2.45) is 0 Å². The molecular weight excluding hydrogens is 164 g/mol. The van der Waals surface area contributed by atoms with Crippen molar-refractivity contribution in [3.63, 3.8) is 0 Å². The summed E-state index contributed by atoms with van der Waals surface area (Å²) in [6, 6.07) is 2.14. The van der Waals surface area contributed by atoms with Crippen LogP contribution in [0.1, 0.15) is 19.4 Å². The summed E-state index contributed by atoms with van der Waals surface area (Å²) in [5.74, 6) is 0.179. The molecule has 0 spiro atoms. The van der Waals surface area contributed by atoms with Crippen LogP contribution in [0, 0.1) is 0 Å². The van der Waals surface area contributed by atoms with Gasteiger partial charge in [-0.05, 0) is 19.9 Å². The number of pyridine rings is 1. The second kappa shape index (κ2) is 2.83. The molecule has 0 bridgehead atoms. The Balaban J connectivity index is 2.46. The summed E-state index contributed by atoms with van der Waals surface area (Å²) in [7, 11) is 0. The Hall–Kier alpha value is -1.38. The van der Waals surface area contributed by atoms with E-state index in [9.17, 15) is 4.79 Å². The topological polar surface area (TPSA) is 33.2 Å². The molecule has 3 heteroatoms. The third-order valence-electron chi connectivity index (χ3n) is 2.26. The van der Waals surface area contributed by atoms with E-state index in [4.69, 9.17) is 0 Å². The number of fused-ring (bicyclic) bond motifs is 1. The van der Waals surface area contributed by atoms with Gasteiger partial charge in [-0.3, -0.25) is 9.78 Å². The Bertz CT molecular complexity index is 347. The van der Waals surface area contributed by atoms with Crippen LogP contribution in [-0.2, 0) is 11.2 Å². The monoisotopic (exact) mass is 176 g/mol. The molecule has 2 rings (SSSR count). The molecule has 0 aliphatic carbocycles. The van der Waals surface area contributed by atoms with Crippen LogP contribution in [0.4, 0.5) is 5.69 Å². The quantitative estimate of drug-likeness (QED) is 0.647. The molecule has 0 fully saturated rings. The van der Waals surface area contributed by atoms with Crippen LogP contribution in [-0.4, -0.2) is 16.9 Å². The maximum Gasteiger partial charge on any atom is 0.231 e. The average molecular weight is 176 g/mol. The van der Waals surface area contributed by atoms with Crippen molar-refractivity contribution in [1.82, 2.24) is 4.98 Å². The molecule has 0 radical (unpaired) electrons. The second-order valence-corrected chi connectivity index (χ2v) is 3.54. The van der Waals surface area contributed by atoms with E-state index >= 15 is 0 Å². The third kappa shape index (κ3) is 1.20. The summed E-state index contributed by atoms with van der Waals surface area (Å²) >= 11 is 0. The molecule has 1 aliphatic heterocycles. The molecular formula is C10H12N2O. The van der Waals surface area contributed by atoms with Crippen molar-refractivity contribution >= 4 is 11.6 Å². The minimum atomic E-state index is 0.179. The van der Waals surface area contributed by atoms with E-state index < -0.39 is 0 Å². The number of anilines is 1. The van der Waals surface area contributed by atoms with Crippen LogP contribution >= 0.6 is 0 Å². The molecule has 1 aliphatic rings. The van der Waals surface area contributed by atoms with Gasteiger partial charge in [-0.2, -0.15) is 0 Å². The van der Waals surface area contributed by atoms with Crippen LogP contribution < -0.4 is 4.90 Å². The number of aromatic nitrogens is 1. The van der Waals surface area contributed by atoms with Gasteiger partial charge in [0.15, 0.2) is 0 Å². The van der Waals surface area contributed by atoms with Crippen molar-refractivity contribution < 1.29 is 4.79 Å². The van der Waals surface area contributed by atoms with Gasteiger partial charge in [-0.15, -0.1) is 0 Å². The molecule has 0 atom stereocenters. The molecule has 0 aromatic carbocycles. The maximum absolute atomic E-state index is 11.6. The predicted octanol–water partition coefficient (Wildman–Crippen LogP) is 1.38. The zero-order valence-corrected chi connectivity index (χ0v) is 7.82. The standard InChI is InChI=1S/C10H12N2O/c1-7(2)12-9-3-4-11-6-8(9)5-10(12)13/h3-4,6-7H,5H2,1-2H3. The van der Waals surface area contributed by atoms with E-state index in [2.05, 4.69) is 4.98 Å². The highest BCUT2D eigenvalue weighted by molar-refractivity contribution is 6.01. The van der Waals surface area contributed by atoms with E-state index in [0.717, 1.165) is 11.3 Å². The predicted molar refractivity (Wildman–Crippen MR) is 50.6 cm³/mol. The number of carbonyl (C=O) groups excluding carboxylic acids is 1. The molecule has 1 amide bonds. The van der Waals surface area contributed by atoms with Gasteiger partial charge in [0, 0.05) is 24.0 Å². The summed E-state index contributed by atoms with van der Waals surface area (Å²) in [5.41, 5.74) is 2.07. The Morgan fingerprint density at radius 2 is 2.31 bits per heavy atom. The van der Waals surface area contributed by atoms with Crippen molar-refractivity contribution in [2.75, 3.05) is 4.90 Å². The first kappa shape index (κ1) is 8.23. The average Bonchev–Trinajstić information content (AvgIpc) is 2.39. The van der Waals surface area contributed by atoms with Gasteiger partial charge in [-0.1, -0.05) is 0 Å². The van der Waals surface area contributed by atoms with E-state index in [1.807, 2.05) is 24.8 Å². The van der Waals surface area contributed by atoms with Crippen molar-refractivity contribution in [1.29, 1.82) is 0 Å². The minimum Gasteiger partial charge on any atom is -0.309 e. The summed E-state index contributed by atoms with van der Waals surface area (Å²) in [6.45, 7) is 4.04. The van der Waals surface area contributed by atoms with Crippen LogP contribution in [0.2, 0.25) is 0 Å². The van der Waals surface area contributed by atoms with Gasteiger partial charge in [0.2, 0.25) is 5.91 Å². The van der Waals surface area contributed by atoms with Gasteiger partial charge in [-0.25, -0.2) is 0 Å². The lowest BCUT2D eigenvalue weighted by Gasteiger charge is -2.21. The molecule has 1 aromatic heterocycles. The zero-order valence-electron chi connectivity index (χ0n) is 7.82. The molecule has 3 nitrogen and oxygen atoms in total. The van der Waals surface area contributed by atoms with Crippen LogP contribution in [0.15, 0.2) is 18.5 Å². The lowest BCUT2D eigenvalue weighted by Crippen LogP contribution is -2.33. The SMILES string of the molecule is CC(C)N1C(=O)Cc2cnccc21. The molecule has 2 heterocycles. The van der Waals surface area contributed by atoms with Crippen molar-refractivity contribution in [3.05, 3.63) is 24.0 Å². The first-order valence-electron chi connectivity index (χ1n) is 4.45. The van der Waals surface area contributed by atoms with Gasteiger partial charge < -0.3 is 4.90 Å². The van der Waals surface area contributed by atoms with Crippen molar-refractivity contribution in [2.45, 2.75) is 26.3 Å². The van der Waals surface area contributed by atoms with Gasteiger partial charge in [0.25, 0.3) is 0 Å². The highest BCUT2D eigenvalue weighted by Crippen LogP contribution is 2.28. The highest BCUT2D eigenvalue weighted by Gasteiger charge is 2.28. The summed E-state index contributed by atoms with van der Waals surface area (Å²) < 4.78 is 0. The van der Waals surface area contributed by atoms with E-state index in [0.29, 0.717) is 6.42 Å². The zero-order chi connectivity index (χ0) is 9.42. The molecule has 13 heavy (non-hydrogen) atoms. The second-order valence-electron chi connectivity index (χ2n) is 3.54. The number of carbonyl (C=O) groups is 1. The first-order valence-corrected chi connectivity index (χ1v) is 4.45. The Morgan fingerprint density at radius 3 is 3.00 bits per heavy atom. The number of amides is 1. The largest absolute Gasteiger partial charge is 0.309 e. The molecule has 0 unspecified atom stereocenters. The lowest BCUT2D eigenvalue weighted by atomic mass is 10.2. The van der Waals surface area contributed by atoms with Crippen LogP contribution in [0.3, 0.4) is 0 Å². The van der Waals surface area contributed by atoms with Crippen LogP contribution in [0.5, 0.6) is 0 Å². The highest BCUT2D eigenvalue weighted by atomic mass is 16.2. The lowest BCUT2D eigenvalue weighted by molar-refractivity contribution is -0.117. The summed E-state index contributed by atoms with van der Waals surface area (Å²) in [5, 5.41) is 0. The van der Waals surface area contributed by atoms with Gasteiger partial charge in [0.05, 0.1) is 12.1 Å². The summed E-state index contributed by atoms with van der Waals surface area (Å²) in [4.78, 5) is 17.4. The molecule has 68 valence electrons. The minimum absolute atomic E-state index is 0.179. The van der Waals surface area contributed by atoms with E-state index in [1.165, 1.54) is 0 Å². The van der Waals surface area contributed by atoms with Crippen LogP contribution in [0.25, 0.3) is 0 Å². The summed E-state index contributed by atoms with van der Waals surface area (Å²) in [6.07, 6.45) is 4.00. The number of nitrogens with zero attached hydrogens (tertiary/aromatic N) is 2. The van der Waals surface area contributed by atoms with Crippen molar-refractivity contribution in [3.8, 4) is 0 Å². The molecule has 1 aromatic rings. The van der Waals surface area contributed by atoms with E-state index in [1.54, 1.807) is 12.4 Å². The molecule has 0 saturated carbocycles. The fourth-order valence-electron chi connectivity index (χ4n) is 1.74. The van der Waals surface area contributed by atoms with Gasteiger partial charge >= 0.3 is 0 Å². The molecule has 0 N–H and O–H groups in total. The maximum atomic E-state index is 11.6. The number of hydrogen-bond acceptors (Lipinski definition) is 2. The smallest absolute Gasteiger partial charge is 0.231 e. The number of rotatable bonds is 1. The van der Waals surface area contributed by atoms with Gasteiger partial charge in [0.1, 0.15) is 0 Å². The fraction of sp³-hybridized carbons (Fsp3) is 0.400. The Kier molecular flexibility index (Phi) is 1.79. The fourth-order valence-corrected chi connectivity index (χ4v) is 1.74. The Labute approximate surface area is 77.4 Å². The molecule has 0 saturated heterocycles. The normalized spacial score (nSPS) is 15.3. The van der Waals surface area contributed by atoms with E-state index in [-0.39, 0.29) is 11.9 Å². The first-order chi connectivity index (χ1) is 6.20. The Morgan fingerprint density at radius 1 is 1.54 bits per heavy atom. The third-order valence-corrected chi connectivity index (χ3v) is 2.26.